The molecule has 2 atom stereocenters. The van der Waals surface area contributed by atoms with Gasteiger partial charge in [0.1, 0.15) is 0 Å². The molecule has 2 fully saturated rings. The lowest BCUT2D eigenvalue weighted by Gasteiger charge is -2.37. The van der Waals surface area contributed by atoms with Crippen molar-refractivity contribution in [2.24, 2.45) is 11.7 Å². The molecule has 0 aromatic heterocycles. The first-order chi connectivity index (χ1) is 10.3. The number of likely N-dealkylation sites (tertiary alicyclic amines) is 1. The lowest BCUT2D eigenvalue weighted by atomic mass is 9.93. The molecular weight excluding hydrogens is 304 g/mol. The third-order valence-electron chi connectivity index (χ3n) is 5.02. The van der Waals surface area contributed by atoms with E-state index >= 15 is 0 Å². The summed E-state index contributed by atoms with van der Waals surface area (Å²) in [5.74, 6) is -0.962. The quantitative estimate of drug-likeness (QED) is 0.808. The second-order valence-corrected chi connectivity index (χ2v) is 9.00. The van der Waals surface area contributed by atoms with E-state index in [9.17, 15) is 18.0 Å². The van der Waals surface area contributed by atoms with Gasteiger partial charge in [-0.25, -0.2) is 8.42 Å². The zero-order chi connectivity index (χ0) is 16.3. The van der Waals surface area contributed by atoms with Crippen LogP contribution in [-0.4, -0.2) is 48.7 Å². The molecule has 0 aromatic carbocycles. The molecule has 0 radical (unpaired) electrons. The summed E-state index contributed by atoms with van der Waals surface area (Å²) in [5, 5.41) is -0.266. The van der Waals surface area contributed by atoms with Crippen LogP contribution in [0.3, 0.4) is 0 Å². The number of hydrogen-bond acceptors (Lipinski definition) is 4. The monoisotopic (exact) mass is 330 g/mol. The molecular formula is C15H26N2O4S. The van der Waals surface area contributed by atoms with Crippen LogP contribution in [-0.2, 0) is 19.4 Å². The molecule has 0 unspecified atom stereocenters. The van der Waals surface area contributed by atoms with Crippen molar-refractivity contribution in [3.63, 3.8) is 0 Å². The Kier molecular flexibility index (Phi) is 5.47. The summed E-state index contributed by atoms with van der Waals surface area (Å²) in [6.07, 6.45) is 4.80. The predicted octanol–water partition coefficient (Wildman–Crippen LogP) is 0.846. The Morgan fingerprint density at radius 1 is 1.14 bits per heavy atom. The Hall–Kier alpha value is -1.11. The van der Waals surface area contributed by atoms with Gasteiger partial charge in [-0.2, -0.15) is 0 Å². The van der Waals surface area contributed by atoms with Crippen LogP contribution in [0.4, 0.5) is 0 Å². The minimum Gasteiger partial charge on any atom is -0.369 e. The third-order valence-corrected chi connectivity index (χ3v) is 7.28. The molecule has 126 valence electrons. The van der Waals surface area contributed by atoms with E-state index in [-0.39, 0.29) is 41.2 Å². The topological polar surface area (TPSA) is 97.5 Å². The Balaban J connectivity index is 1.91. The fourth-order valence-corrected chi connectivity index (χ4v) is 5.32. The van der Waals surface area contributed by atoms with Crippen molar-refractivity contribution >= 4 is 21.7 Å². The predicted molar refractivity (Wildman–Crippen MR) is 83.8 cm³/mol. The first-order valence-electron chi connectivity index (χ1n) is 8.11. The smallest absolute Gasteiger partial charge is 0.223 e. The van der Waals surface area contributed by atoms with Crippen LogP contribution in [0.1, 0.15) is 51.9 Å². The number of carbonyl (C=O) groups excluding carboxylic acids is 2. The highest BCUT2D eigenvalue weighted by atomic mass is 32.2. The highest BCUT2D eigenvalue weighted by Gasteiger charge is 2.33. The molecule has 7 heteroatoms. The summed E-state index contributed by atoms with van der Waals surface area (Å²) in [4.78, 5) is 25.3. The van der Waals surface area contributed by atoms with Gasteiger partial charge in [-0.05, 0) is 32.6 Å². The maximum Gasteiger partial charge on any atom is 0.223 e. The van der Waals surface area contributed by atoms with Crippen LogP contribution in [0.5, 0.6) is 0 Å². The molecule has 1 aliphatic carbocycles. The average molecular weight is 330 g/mol. The molecule has 22 heavy (non-hydrogen) atoms. The van der Waals surface area contributed by atoms with Gasteiger partial charge in [0, 0.05) is 19.0 Å². The van der Waals surface area contributed by atoms with Crippen molar-refractivity contribution in [1.29, 1.82) is 0 Å². The highest BCUT2D eigenvalue weighted by Crippen LogP contribution is 2.26. The number of primary amides is 1. The third kappa shape index (κ3) is 4.00. The molecule has 2 amide bonds. The van der Waals surface area contributed by atoms with Gasteiger partial charge in [0.05, 0.1) is 16.9 Å². The van der Waals surface area contributed by atoms with E-state index in [2.05, 4.69) is 0 Å². The molecule has 2 aliphatic rings. The number of sulfone groups is 1. The van der Waals surface area contributed by atoms with E-state index in [1.54, 1.807) is 4.90 Å². The summed E-state index contributed by atoms with van der Waals surface area (Å²) in [7, 11) is -3.18. The van der Waals surface area contributed by atoms with Crippen molar-refractivity contribution in [3.05, 3.63) is 0 Å². The van der Waals surface area contributed by atoms with E-state index in [0.29, 0.717) is 13.0 Å². The summed E-state index contributed by atoms with van der Waals surface area (Å²) in [6, 6.07) is 0.0392. The van der Waals surface area contributed by atoms with E-state index < -0.39 is 9.84 Å². The Bertz CT molecular complexity index is 526. The Morgan fingerprint density at radius 3 is 2.36 bits per heavy atom. The van der Waals surface area contributed by atoms with Gasteiger partial charge < -0.3 is 10.6 Å². The summed E-state index contributed by atoms with van der Waals surface area (Å²) in [6.45, 7) is 2.25. The number of rotatable bonds is 5. The number of nitrogens with zero attached hydrogens (tertiary/aromatic N) is 1. The molecule has 1 aliphatic heterocycles. The van der Waals surface area contributed by atoms with Crippen molar-refractivity contribution < 1.29 is 18.0 Å². The van der Waals surface area contributed by atoms with Gasteiger partial charge in [-0.1, -0.05) is 12.8 Å². The zero-order valence-corrected chi connectivity index (χ0v) is 14.0. The molecule has 6 nitrogen and oxygen atoms in total. The van der Waals surface area contributed by atoms with Crippen LogP contribution in [0.15, 0.2) is 0 Å². The molecule has 2 N–H and O–H groups in total. The fraction of sp³-hybridized carbons (Fsp3) is 0.867. The van der Waals surface area contributed by atoms with Crippen LogP contribution >= 0.6 is 0 Å². The van der Waals surface area contributed by atoms with Gasteiger partial charge >= 0.3 is 0 Å². The first-order valence-corrected chi connectivity index (χ1v) is 9.83. The summed E-state index contributed by atoms with van der Waals surface area (Å²) in [5.41, 5.74) is 5.33. The summed E-state index contributed by atoms with van der Waals surface area (Å²) >= 11 is 0. The minimum atomic E-state index is -3.18. The number of piperidine rings is 1. The van der Waals surface area contributed by atoms with Crippen LogP contribution < -0.4 is 5.73 Å². The SMILES string of the molecule is C[C@H]1CC[C@@H](C(N)=O)CN1C(=O)CCS(=O)(=O)C1CCCC1. The lowest BCUT2D eigenvalue weighted by Crippen LogP contribution is -2.49. The van der Waals surface area contributed by atoms with Gasteiger partial charge in [-0.15, -0.1) is 0 Å². The van der Waals surface area contributed by atoms with Crippen molar-refractivity contribution in [2.75, 3.05) is 12.3 Å². The maximum atomic E-state index is 12.3. The number of hydrogen-bond donors (Lipinski definition) is 1. The van der Waals surface area contributed by atoms with Crippen LogP contribution in [0, 0.1) is 5.92 Å². The van der Waals surface area contributed by atoms with E-state index in [1.165, 1.54) is 0 Å². The van der Waals surface area contributed by atoms with Gasteiger partial charge in [-0.3, -0.25) is 9.59 Å². The van der Waals surface area contributed by atoms with Gasteiger partial charge in [0.25, 0.3) is 0 Å². The molecule has 0 spiro atoms. The highest BCUT2D eigenvalue weighted by molar-refractivity contribution is 7.92. The number of amides is 2. The van der Waals surface area contributed by atoms with Crippen LogP contribution in [0.2, 0.25) is 0 Å². The molecule has 1 heterocycles. The van der Waals surface area contributed by atoms with E-state index in [0.717, 1.165) is 32.1 Å². The van der Waals surface area contributed by atoms with Crippen molar-refractivity contribution in [1.82, 2.24) is 4.90 Å². The van der Waals surface area contributed by atoms with Gasteiger partial charge in [0.2, 0.25) is 11.8 Å². The fourth-order valence-electron chi connectivity index (χ4n) is 3.47. The zero-order valence-electron chi connectivity index (χ0n) is 13.2. The molecule has 0 bridgehead atoms. The first kappa shape index (κ1) is 17.2. The molecule has 1 saturated heterocycles. The Labute approximate surface area is 132 Å². The van der Waals surface area contributed by atoms with E-state index in [1.807, 2.05) is 6.92 Å². The normalized spacial score (nSPS) is 27.0. The Morgan fingerprint density at radius 2 is 1.77 bits per heavy atom. The second kappa shape index (κ2) is 6.98. The molecule has 2 rings (SSSR count). The molecule has 0 aromatic rings. The summed E-state index contributed by atoms with van der Waals surface area (Å²) < 4.78 is 24.5. The lowest BCUT2D eigenvalue weighted by molar-refractivity contribution is -0.137. The standard InChI is InChI=1S/C15H26N2O4S/c1-11-6-7-12(15(16)19)10-17(11)14(18)8-9-22(20,21)13-4-2-3-5-13/h11-13H,2-10H2,1H3,(H2,16,19)/t11-,12+/m0/s1. The second-order valence-electron chi connectivity index (χ2n) is 6.60. The molecule has 1 saturated carbocycles. The van der Waals surface area contributed by atoms with Crippen LogP contribution in [0.25, 0.3) is 0 Å². The van der Waals surface area contributed by atoms with Crippen molar-refractivity contribution in [3.8, 4) is 0 Å². The number of carbonyl (C=O) groups is 2. The number of nitrogens with two attached hydrogens (primary N) is 1. The van der Waals surface area contributed by atoms with E-state index in [4.69, 9.17) is 5.73 Å². The average Bonchev–Trinajstić information content (AvgIpc) is 3.00. The maximum absolute atomic E-state index is 12.3. The largest absolute Gasteiger partial charge is 0.369 e. The minimum absolute atomic E-state index is 0.00859. The van der Waals surface area contributed by atoms with Crippen molar-refractivity contribution in [2.45, 2.75) is 63.2 Å². The van der Waals surface area contributed by atoms with Gasteiger partial charge in [0.15, 0.2) is 9.84 Å².